The molecule has 3 heterocycles. The average molecular weight is 293 g/mol. The van der Waals surface area contributed by atoms with E-state index in [1.807, 2.05) is 18.2 Å². The van der Waals surface area contributed by atoms with E-state index in [9.17, 15) is 5.26 Å². The number of allylic oxidation sites excluding steroid dienone is 1. The highest BCUT2D eigenvalue weighted by Gasteiger charge is 2.33. The second-order valence-corrected chi connectivity index (χ2v) is 4.95. The van der Waals surface area contributed by atoms with Crippen LogP contribution in [-0.2, 0) is 0 Å². The van der Waals surface area contributed by atoms with Crippen LogP contribution < -0.4 is 19.9 Å². The zero-order chi connectivity index (χ0) is 15.1. The van der Waals surface area contributed by atoms with Gasteiger partial charge in [0.2, 0.25) is 12.7 Å². The minimum Gasteiger partial charge on any atom is -0.454 e. The Labute approximate surface area is 126 Å². The molecule has 2 N–H and O–H groups in total. The third-order valence-electron chi connectivity index (χ3n) is 3.75. The zero-order valence-corrected chi connectivity index (χ0v) is 11.4. The molecular weight excluding hydrogens is 282 g/mol. The summed E-state index contributed by atoms with van der Waals surface area (Å²) in [7, 11) is 0. The van der Waals surface area contributed by atoms with E-state index in [-0.39, 0.29) is 18.6 Å². The summed E-state index contributed by atoms with van der Waals surface area (Å²) in [5.74, 6) is 1.61. The molecule has 0 bridgehead atoms. The number of hydrogen-bond donors (Lipinski definition) is 1. The van der Waals surface area contributed by atoms with E-state index in [2.05, 4.69) is 11.1 Å². The normalized spacial score (nSPS) is 18.4. The van der Waals surface area contributed by atoms with Gasteiger partial charge in [0.15, 0.2) is 11.5 Å². The smallest absolute Gasteiger partial charge is 0.231 e. The van der Waals surface area contributed by atoms with Crippen LogP contribution in [0.5, 0.6) is 17.2 Å². The van der Waals surface area contributed by atoms with Gasteiger partial charge in [0, 0.05) is 24.0 Å². The molecule has 0 saturated carbocycles. The van der Waals surface area contributed by atoms with E-state index in [0.29, 0.717) is 22.8 Å². The summed E-state index contributed by atoms with van der Waals surface area (Å²) in [4.78, 5) is 4.02. The second kappa shape index (κ2) is 4.67. The Hall–Kier alpha value is -3.20. The fraction of sp³-hybridized carbons (Fsp3) is 0.125. The first kappa shape index (κ1) is 12.5. The summed E-state index contributed by atoms with van der Waals surface area (Å²) in [6.45, 7) is 0.173. The Morgan fingerprint density at radius 3 is 2.59 bits per heavy atom. The van der Waals surface area contributed by atoms with Crippen LogP contribution in [0.25, 0.3) is 0 Å². The van der Waals surface area contributed by atoms with Crippen LogP contribution in [0.2, 0.25) is 0 Å². The molecule has 22 heavy (non-hydrogen) atoms. The predicted octanol–water partition coefficient (Wildman–Crippen LogP) is 2.03. The van der Waals surface area contributed by atoms with Gasteiger partial charge in [-0.25, -0.2) is 0 Å². The zero-order valence-electron chi connectivity index (χ0n) is 11.4. The molecule has 0 amide bonds. The van der Waals surface area contributed by atoms with E-state index in [0.717, 1.165) is 11.1 Å². The van der Waals surface area contributed by atoms with E-state index < -0.39 is 0 Å². The summed E-state index contributed by atoms with van der Waals surface area (Å²) in [6, 6.07) is 9.44. The van der Waals surface area contributed by atoms with Crippen molar-refractivity contribution in [2.75, 3.05) is 6.79 Å². The maximum Gasteiger partial charge on any atom is 0.231 e. The maximum atomic E-state index is 9.47. The molecule has 2 aliphatic rings. The van der Waals surface area contributed by atoms with Crippen LogP contribution in [0, 0.1) is 11.3 Å². The molecule has 0 aliphatic carbocycles. The van der Waals surface area contributed by atoms with Crippen molar-refractivity contribution < 1.29 is 14.2 Å². The number of benzene rings is 1. The van der Waals surface area contributed by atoms with Crippen molar-refractivity contribution in [3.8, 4) is 23.3 Å². The lowest BCUT2D eigenvalue weighted by molar-refractivity contribution is 0.174. The average Bonchev–Trinajstić information content (AvgIpc) is 2.99. The minimum absolute atomic E-state index is 0.107. The minimum atomic E-state index is -0.314. The number of fused-ring (bicyclic) bond motifs is 2. The first-order valence-electron chi connectivity index (χ1n) is 6.69. The van der Waals surface area contributed by atoms with Gasteiger partial charge in [0.1, 0.15) is 17.4 Å². The number of pyridine rings is 1. The fourth-order valence-corrected chi connectivity index (χ4v) is 2.75. The summed E-state index contributed by atoms with van der Waals surface area (Å²) >= 11 is 0. The summed E-state index contributed by atoms with van der Waals surface area (Å²) in [6.07, 6.45) is 3.37. The third-order valence-corrected chi connectivity index (χ3v) is 3.75. The molecule has 6 nitrogen and oxygen atoms in total. The second-order valence-electron chi connectivity index (χ2n) is 4.95. The number of aromatic nitrogens is 1. The van der Waals surface area contributed by atoms with Crippen molar-refractivity contribution in [2.45, 2.75) is 5.92 Å². The Morgan fingerprint density at radius 2 is 1.86 bits per heavy atom. The van der Waals surface area contributed by atoms with E-state index in [1.165, 1.54) is 0 Å². The molecule has 1 aromatic carbocycles. The number of ether oxygens (including phenoxy) is 3. The Kier molecular flexibility index (Phi) is 2.66. The van der Waals surface area contributed by atoms with Crippen molar-refractivity contribution in [3.05, 3.63) is 59.2 Å². The summed E-state index contributed by atoms with van der Waals surface area (Å²) in [5, 5.41) is 9.47. The lowest BCUT2D eigenvalue weighted by atomic mass is 9.84. The maximum absolute atomic E-state index is 9.47. The number of nitrogens with zero attached hydrogens (tertiary/aromatic N) is 2. The topological polar surface area (TPSA) is 90.4 Å². The van der Waals surface area contributed by atoms with Crippen molar-refractivity contribution in [2.24, 2.45) is 5.73 Å². The van der Waals surface area contributed by atoms with Crippen LogP contribution in [0.15, 0.2) is 48.1 Å². The molecule has 0 radical (unpaired) electrons. The van der Waals surface area contributed by atoms with Gasteiger partial charge >= 0.3 is 0 Å². The summed E-state index contributed by atoms with van der Waals surface area (Å²) < 4.78 is 16.4. The van der Waals surface area contributed by atoms with Crippen molar-refractivity contribution in [1.29, 1.82) is 5.26 Å². The van der Waals surface area contributed by atoms with Gasteiger partial charge in [-0.3, -0.25) is 4.98 Å². The molecule has 0 fully saturated rings. The number of nitriles is 1. The third kappa shape index (κ3) is 1.76. The lowest BCUT2D eigenvalue weighted by Crippen LogP contribution is -2.21. The van der Waals surface area contributed by atoms with Crippen LogP contribution in [0.3, 0.4) is 0 Å². The van der Waals surface area contributed by atoms with Gasteiger partial charge in [-0.05, 0) is 23.8 Å². The molecule has 0 spiro atoms. The van der Waals surface area contributed by atoms with Gasteiger partial charge in [-0.15, -0.1) is 0 Å². The van der Waals surface area contributed by atoms with Crippen LogP contribution >= 0.6 is 0 Å². The number of nitrogens with two attached hydrogens (primary N) is 1. The van der Waals surface area contributed by atoms with Gasteiger partial charge in [0.25, 0.3) is 0 Å². The van der Waals surface area contributed by atoms with Crippen molar-refractivity contribution >= 4 is 0 Å². The highest BCUT2D eigenvalue weighted by Crippen LogP contribution is 2.47. The monoisotopic (exact) mass is 293 g/mol. The Balaban J connectivity index is 1.94. The van der Waals surface area contributed by atoms with Crippen molar-refractivity contribution in [3.63, 3.8) is 0 Å². The lowest BCUT2D eigenvalue weighted by Gasteiger charge is -2.26. The molecule has 2 aromatic rings. The first-order valence-corrected chi connectivity index (χ1v) is 6.69. The van der Waals surface area contributed by atoms with Crippen LogP contribution in [0.1, 0.15) is 17.0 Å². The standard InChI is InChI=1S/C16H11N3O3/c17-7-11-15(9-1-3-19-4-2-9)10-5-13-14(21-8-20-13)6-12(10)22-16(11)18/h1-6,15H,8,18H2. The number of rotatable bonds is 1. The van der Waals surface area contributed by atoms with E-state index >= 15 is 0 Å². The van der Waals surface area contributed by atoms with E-state index in [1.54, 1.807) is 18.5 Å². The molecule has 1 atom stereocenters. The predicted molar refractivity (Wildman–Crippen MR) is 76.1 cm³/mol. The van der Waals surface area contributed by atoms with Crippen LogP contribution in [-0.4, -0.2) is 11.8 Å². The molecule has 0 saturated heterocycles. The van der Waals surface area contributed by atoms with Gasteiger partial charge < -0.3 is 19.9 Å². The first-order chi connectivity index (χ1) is 10.8. The highest BCUT2D eigenvalue weighted by molar-refractivity contribution is 5.61. The van der Waals surface area contributed by atoms with Gasteiger partial charge in [0.05, 0.1) is 5.92 Å². The van der Waals surface area contributed by atoms with Gasteiger partial charge in [-0.2, -0.15) is 5.26 Å². The van der Waals surface area contributed by atoms with Crippen LogP contribution in [0.4, 0.5) is 0 Å². The molecule has 1 unspecified atom stereocenters. The SMILES string of the molecule is N#CC1=C(N)Oc2cc3c(cc2C1c1ccncc1)OCO3. The Morgan fingerprint density at radius 1 is 1.14 bits per heavy atom. The molecular formula is C16H11N3O3. The molecule has 6 heteroatoms. The quantitative estimate of drug-likeness (QED) is 0.865. The molecule has 2 aliphatic heterocycles. The molecule has 4 rings (SSSR count). The molecule has 1 aromatic heterocycles. The van der Waals surface area contributed by atoms with Crippen molar-refractivity contribution in [1.82, 2.24) is 4.98 Å². The summed E-state index contributed by atoms with van der Waals surface area (Å²) in [5.41, 5.74) is 8.03. The number of hydrogen-bond acceptors (Lipinski definition) is 6. The Bertz CT molecular complexity index is 825. The fourth-order valence-electron chi connectivity index (χ4n) is 2.75. The highest BCUT2D eigenvalue weighted by atomic mass is 16.7. The molecule has 108 valence electrons. The largest absolute Gasteiger partial charge is 0.454 e. The van der Waals surface area contributed by atoms with E-state index in [4.69, 9.17) is 19.9 Å². The van der Waals surface area contributed by atoms with Gasteiger partial charge in [-0.1, -0.05) is 0 Å².